The fourth-order valence-electron chi connectivity index (χ4n) is 3.30. The first-order chi connectivity index (χ1) is 13.3. The monoisotopic (exact) mass is 416 g/mol. The smallest absolute Gasteiger partial charge is 0.212 e. The Morgan fingerprint density at radius 2 is 1.96 bits per heavy atom. The summed E-state index contributed by atoms with van der Waals surface area (Å²) in [6.45, 7) is 1.54. The minimum atomic E-state index is -1.44. The molecule has 0 bridgehead atoms. The van der Waals surface area contributed by atoms with Crippen LogP contribution in [0.4, 0.5) is 4.39 Å². The van der Waals surface area contributed by atoms with Crippen LogP contribution in [-0.4, -0.2) is 75.1 Å². The van der Waals surface area contributed by atoms with Crippen molar-refractivity contribution in [1.29, 1.82) is 0 Å². The van der Waals surface area contributed by atoms with Crippen LogP contribution in [0.1, 0.15) is 12.5 Å². The first-order valence-corrected chi connectivity index (χ1v) is 9.92. The van der Waals surface area contributed by atoms with E-state index in [0.717, 1.165) is 17.3 Å². The molecule has 1 saturated heterocycles. The first-order valence-electron chi connectivity index (χ1n) is 8.98. The van der Waals surface area contributed by atoms with Crippen molar-refractivity contribution in [3.05, 3.63) is 29.6 Å². The predicted molar refractivity (Wildman–Crippen MR) is 102 cm³/mol. The summed E-state index contributed by atoms with van der Waals surface area (Å²) in [5, 5.41) is 43.0. The Balaban J connectivity index is 1.72. The van der Waals surface area contributed by atoms with Crippen molar-refractivity contribution < 1.29 is 34.3 Å². The van der Waals surface area contributed by atoms with Crippen LogP contribution >= 0.6 is 11.8 Å². The van der Waals surface area contributed by atoms with E-state index in [4.69, 9.17) is 9.47 Å². The quantitative estimate of drug-likeness (QED) is 0.448. The lowest BCUT2D eigenvalue weighted by molar-refractivity contribution is -0.0935. The average molecular weight is 416 g/mol. The normalized spacial score (nSPS) is 35.2. The lowest BCUT2D eigenvalue weighted by Crippen LogP contribution is -2.55. The van der Waals surface area contributed by atoms with E-state index in [0.29, 0.717) is 12.3 Å². The van der Waals surface area contributed by atoms with Crippen LogP contribution in [0.15, 0.2) is 23.3 Å². The van der Waals surface area contributed by atoms with Crippen LogP contribution in [0.25, 0.3) is 0 Å². The second-order valence-electron chi connectivity index (χ2n) is 6.96. The van der Waals surface area contributed by atoms with Gasteiger partial charge in [0.2, 0.25) is 5.90 Å². The van der Waals surface area contributed by atoms with Gasteiger partial charge >= 0.3 is 0 Å². The standard InChI is InChI=1S/C18H25FN2O6S/c1-8-10(5-9-3-4-12(26-2)11(19)6-9)17(21-20-8)27-18-16(25)15(24)14(23)13(7-22)28-18/h3-4,6,8,10,13-16,18,20,22-25H,5,7H2,1-2H3/t8?,10?,13-,14-,15+,16-,18-/m1/s1. The number of ether oxygens (including phenoxy) is 2. The molecule has 0 radical (unpaired) electrons. The van der Waals surface area contributed by atoms with Gasteiger partial charge in [0.15, 0.2) is 17.0 Å². The number of halogens is 1. The maximum Gasteiger partial charge on any atom is 0.212 e. The number of methoxy groups -OCH3 is 1. The maximum atomic E-state index is 14.0. The fourth-order valence-corrected chi connectivity index (χ4v) is 4.53. The molecule has 2 heterocycles. The van der Waals surface area contributed by atoms with Crippen LogP contribution in [0.3, 0.4) is 0 Å². The van der Waals surface area contributed by atoms with Crippen molar-refractivity contribution in [2.75, 3.05) is 13.7 Å². The van der Waals surface area contributed by atoms with Gasteiger partial charge in [-0.1, -0.05) is 6.07 Å². The molecule has 3 rings (SSSR count). The van der Waals surface area contributed by atoms with Crippen LogP contribution in [0, 0.1) is 11.7 Å². The van der Waals surface area contributed by atoms with Gasteiger partial charge in [-0.25, -0.2) is 4.39 Å². The molecule has 28 heavy (non-hydrogen) atoms. The number of benzene rings is 1. The SMILES string of the molecule is COc1ccc(CC2C(O[C@@H]3S[C@H](CO)[C@@H](O)[C@H](O)[C@H]3O)=NNC2C)cc1F. The van der Waals surface area contributed by atoms with Crippen molar-refractivity contribution in [1.82, 2.24) is 5.43 Å². The molecule has 2 aliphatic heterocycles. The van der Waals surface area contributed by atoms with Crippen LogP contribution in [0.5, 0.6) is 5.75 Å². The van der Waals surface area contributed by atoms with E-state index in [9.17, 15) is 24.8 Å². The number of aliphatic hydroxyl groups excluding tert-OH is 4. The molecular weight excluding hydrogens is 391 g/mol. The van der Waals surface area contributed by atoms with E-state index in [-0.39, 0.29) is 24.3 Å². The lowest BCUT2D eigenvalue weighted by Gasteiger charge is -2.39. The molecule has 2 aliphatic rings. The molecule has 0 aliphatic carbocycles. The van der Waals surface area contributed by atoms with E-state index in [1.54, 1.807) is 12.1 Å². The van der Waals surface area contributed by atoms with Gasteiger partial charge in [-0.3, -0.25) is 0 Å². The number of hydrogen-bond acceptors (Lipinski definition) is 9. The molecule has 1 aromatic rings. The van der Waals surface area contributed by atoms with Gasteiger partial charge in [0.1, 0.15) is 12.2 Å². The highest BCUT2D eigenvalue weighted by molar-refractivity contribution is 8.00. The topological polar surface area (TPSA) is 124 Å². The summed E-state index contributed by atoms with van der Waals surface area (Å²) in [6, 6.07) is 4.62. The highest BCUT2D eigenvalue weighted by atomic mass is 32.2. The van der Waals surface area contributed by atoms with Gasteiger partial charge in [-0.05, 0) is 31.0 Å². The van der Waals surface area contributed by atoms with Gasteiger partial charge < -0.3 is 35.3 Å². The third-order valence-electron chi connectivity index (χ3n) is 5.06. The van der Waals surface area contributed by atoms with E-state index < -0.39 is 34.8 Å². The summed E-state index contributed by atoms with van der Waals surface area (Å²) in [5.74, 6) is -0.201. The third kappa shape index (κ3) is 4.20. The van der Waals surface area contributed by atoms with Crippen LogP contribution < -0.4 is 10.2 Å². The zero-order chi connectivity index (χ0) is 20.4. The first kappa shape index (κ1) is 21.1. The molecule has 0 saturated carbocycles. The molecule has 8 nitrogen and oxygen atoms in total. The predicted octanol–water partition coefficient (Wildman–Crippen LogP) is -0.169. The maximum absolute atomic E-state index is 14.0. The number of nitrogens with one attached hydrogen (secondary N) is 1. The van der Waals surface area contributed by atoms with E-state index >= 15 is 0 Å². The summed E-state index contributed by atoms with van der Waals surface area (Å²) in [6.07, 6.45) is -3.60. The summed E-state index contributed by atoms with van der Waals surface area (Å²) in [4.78, 5) is 0. The molecule has 10 heteroatoms. The van der Waals surface area contributed by atoms with Crippen molar-refractivity contribution in [3.8, 4) is 5.75 Å². The van der Waals surface area contributed by atoms with Crippen molar-refractivity contribution >= 4 is 17.7 Å². The largest absolute Gasteiger partial charge is 0.494 e. The molecule has 1 fully saturated rings. The fraction of sp³-hybridized carbons (Fsp3) is 0.611. The lowest BCUT2D eigenvalue weighted by atomic mass is 9.94. The second kappa shape index (κ2) is 8.83. The number of hydrogen-bond donors (Lipinski definition) is 5. The van der Waals surface area contributed by atoms with Crippen molar-refractivity contribution in [2.45, 2.75) is 48.4 Å². The van der Waals surface area contributed by atoms with Crippen molar-refractivity contribution in [2.24, 2.45) is 11.0 Å². The van der Waals surface area contributed by atoms with Gasteiger partial charge in [0.25, 0.3) is 0 Å². The number of rotatable bonds is 5. The van der Waals surface area contributed by atoms with Crippen LogP contribution in [-0.2, 0) is 11.2 Å². The highest BCUT2D eigenvalue weighted by Crippen LogP contribution is 2.35. The van der Waals surface area contributed by atoms with Gasteiger partial charge in [0.05, 0.1) is 37.0 Å². The Kier molecular flexibility index (Phi) is 6.66. The van der Waals surface area contributed by atoms with Crippen LogP contribution in [0.2, 0.25) is 0 Å². The minimum absolute atomic E-state index is 0.0879. The molecule has 5 N–H and O–H groups in total. The van der Waals surface area contributed by atoms with Crippen molar-refractivity contribution in [3.63, 3.8) is 0 Å². The number of hydrazone groups is 1. The molecular formula is C18H25FN2O6S. The Hall–Kier alpha value is -1.59. The van der Waals surface area contributed by atoms with Gasteiger partial charge in [-0.15, -0.1) is 16.9 Å². The summed E-state index contributed by atoms with van der Waals surface area (Å²) in [5.41, 5.74) is 2.75. The third-order valence-corrected chi connectivity index (χ3v) is 6.48. The Morgan fingerprint density at radius 1 is 1.21 bits per heavy atom. The number of thioether (sulfide) groups is 1. The summed E-state index contributed by atoms with van der Waals surface area (Å²) in [7, 11) is 1.40. The molecule has 156 valence electrons. The summed E-state index contributed by atoms with van der Waals surface area (Å²) < 4.78 is 24.8. The Labute approximate surface area is 166 Å². The Bertz CT molecular complexity index is 721. The molecule has 2 unspecified atom stereocenters. The molecule has 0 aromatic heterocycles. The molecule has 0 spiro atoms. The zero-order valence-electron chi connectivity index (χ0n) is 15.5. The van der Waals surface area contributed by atoms with Gasteiger partial charge in [0, 0.05) is 0 Å². The molecule has 1 aromatic carbocycles. The minimum Gasteiger partial charge on any atom is -0.494 e. The van der Waals surface area contributed by atoms with E-state index in [1.807, 2.05) is 6.92 Å². The Morgan fingerprint density at radius 3 is 2.61 bits per heavy atom. The van der Waals surface area contributed by atoms with E-state index in [2.05, 4.69) is 10.5 Å². The average Bonchev–Trinajstić information content (AvgIpc) is 3.02. The number of aliphatic hydroxyl groups is 4. The molecule has 7 atom stereocenters. The summed E-state index contributed by atoms with van der Waals surface area (Å²) >= 11 is 1.04. The number of nitrogens with zero attached hydrogens (tertiary/aromatic N) is 1. The molecule has 0 amide bonds. The van der Waals surface area contributed by atoms with Gasteiger partial charge in [-0.2, -0.15) is 0 Å². The van der Waals surface area contributed by atoms with E-state index in [1.165, 1.54) is 13.2 Å². The second-order valence-corrected chi connectivity index (χ2v) is 8.30. The highest BCUT2D eigenvalue weighted by Gasteiger charge is 2.46. The zero-order valence-corrected chi connectivity index (χ0v) is 16.3.